The van der Waals surface area contributed by atoms with Crippen LogP contribution in [0, 0.1) is 0 Å². The van der Waals surface area contributed by atoms with Gasteiger partial charge in [-0.15, -0.1) is 0 Å². The molecule has 7 nitrogen and oxygen atoms in total. The Bertz CT molecular complexity index is 1330. The lowest BCUT2D eigenvalue weighted by Crippen LogP contribution is -2.40. The maximum atomic E-state index is 15.3. The van der Waals surface area contributed by atoms with Crippen LogP contribution >= 0.6 is 23.2 Å². The number of aromatic amines is 1. The van der Waals surface area contributed by atoms with Crippen LogP contribution in [-0.4, -0.2) is 59.5 Å². The summed E-state index contributed by atoms with van der Waals surface area (Å²) in [5.74, 6) is 0.119. The van der Waals surface area contributed by atoms with Gasteiger partial charge in [0.05, 0.1) is 28.8 Å². The lowest BCUT2D eigenvalue weighted by atomic mass is 10.1. The van der Waals surface area contributed by atoms with E-state index >= 15 is 4.39 Å². The quantitative estimate of drug-likeness (QED) is 0.423. The zero-order valence-electron chi connectivity index (χ0n) is 19.7. The average Bonchev–Trinajstić information content (AvgIpc) is 3.29. The van der Waals surface area contributed by atoms with Crippen LogP contribution in [0.4, 0.5) is 4.39 Å². The van der Waals surface area contributed by atoms with Gasteiger partial charge in [0.25, 0.3) is 0 Å². The number of rotatable bonds is 7. The first kappa shape index (κ1) is 24.8. The van der Waals surface area contributed by atoms with E-state index in [0.717, 1.165) is 44.1 Å². The number of aromatic nitrogens is 3. The monoisotopic (exact) mass is 529 g/mol. The molecular formula is C26H26Cl2FN5O2. The molecule has 0 bridgehead atoms. The highest BCUT2D eigenvalue weighted by Gasteiger charge is 2.18. The van der Waals surface area contributed by atoms with Gasteiger partial charge in [-0.05, 0) is 42.8 Å². The van der Waals surface area contributed by atoms with Gasteiger partial charge in [0.15, 0.2) is 5.83 Å². The first-order valence-electron chi connectivity index (χ1n) is 11.7. The maximum absolute atomic E-state index is 15.3. The van der Waals surface area contributed by atoms with Crippen LogP contribution in [0.5, 0.6) is 5.75 Å². The number of ether oxygens (including phenoxy) is 2. The molecule has 5 rings (SSSR count). The third kappa shape index (κ3) is 5.57. The summed E-state index contributed by atoms with van der Waals surface area (Å²) in [7, 11) is 0. The molecule has 0 amide bonds. The van der Waals surface area contributed by atoms with Crippen LogP contribution in [0.15, 0.2) is 60.1 Å². The van der Waals surface area contributed by atoms with Crippen LogP contribution in [0.1, 0.15) is 24.3 Å². The highest BCUT2D eigenvalue weighted by Crippen LogP contribution is 2.34. The Morgan fingerprint density at radius 1 is 1.22 bits per heavy atom. The summed E-state index contributed by atoms with van der Waals surface area (Å²) < 4.78 is 26.8. The standard InChI is InChI=1S/C26H26Cl2FN5O2/c1-16(25-21(27)13-30-14-22(25)28)36-19-4-5-24-20(11-19)26(33-32-24)23(29)10-17-2-3-18(31-12-17)15-34-6-8-35-9-7-34/h2-5,10-11,13-14,16,31H,6-9,12,15H2,1H3,(H,32,33)/b23-10-. The number of hydrogen-bond donors (Lipinski definition) is 2. The summed E-state index contributed by atoms with van der Waals surface area (Å²) in [6, 6.07) is 5.35. The van der Waals surface area contributed by atoms with E-state index in [-0.39, 0.29) is 5.69 Å². The van der Waals surface area contributed by atoms with Crippen LogP contribution < -0.4 is 10.1 Å². The van der Waals surface area contributed by atoms with Crippen molar-refractivity contribution in [3.05, 3.63) is 81.4 Å². The minimum absolute atomic E-state index is 0.229. The Morgan fingerprint density at radius 3 is 2.72 bits per heavy atom. The van der Waals surface area contributed by atoms with E-state index in [9.17, 15) is 0 Å². The summed E-state index contributed by atoms with van der Waals surface area (Å²) in [4.78, 5) is 6.32. The van der Waals surface area contributed by atoms with Crippen molar-refractivity contribution in [3.8, 4) is 5.75 Å². The second kappa shape index (κ2) is 11.0. The molecule has 10 heteroatoms. The Balaban J connectivity index is 1.32. The molecule has 0 spiro atoms. The molecule has 1 fully saturated rings. The Kier molecular flexibility index (Phi) is 7.57. The van der Waals surface area contributed by atoms with Gasteiger partial charge in [0.1, 0.15) is 17.5 Å². The number of hydrogen-bond acceptors (Lipinski definition) is 6. The summed E-state index contributed by atoms with van der Waals surface area (Å²) in [5, 5.41) is 11.9. The van der Waals surface area contributed by atoms with Gasteiger partial charge in [0, 0.05) is 55.2 Å². The van der Waals surface area contributed by atoms with E-state index in [4.69, 9.17) is 32.7 Å². The van der Waals surface area contributed by atoms with Gasteiger partial charge in [-0.3, -0.25) is 15.0 Å². The number of dihydropyridines is 1. The normalized spacial score (nSPS) is 17.9. The summed E-state index contributed by atoms with van der Waals surface area (Å²) in [5.41, 5.74) is 3.52. The lowest BCUT2D eigenvalue weighted by Gasteiger charge is -2.28. The largest absolute Gasteiger partial charge is 0.486 e. The number of morpholine rings is 1. The fraction of sp³-hybridized carbons (Fsp3) is 0.308. The van der Waals surface area contributed by atoms with Crippen LogP contribution in [0.25, 0.3) is 16.7 Å². The molecule has 2 aromatic heterocycles. The Morgan fingerprint density at radius 2 is 2.00 bits per heavy atom. The van der Waals surface area contributed by atoms with E-state index in [1.54, 1.807) is 18.2 Å². The van der Waals surface area contributed by atoms with E-state index in [2.05, 4.69) is 25.4 Å². The van der Waals surface area contributed by atoms with Crippen molar-refractivity contribution in [1.29, 1.82) is 0 Å². The van der Waals surface area contributed by atoms with Gasteiger partial charge >= 0.3 is 0 Å². The molecule has 188 valence electrons. The number of nitrogens with zero attached hydrogens (tertiary/aromatic N) is 3. The van der Waals surface area contributed by atoms with Gasteiger partial charge in [-0.1, -0.05) is 29.3 Å². The third-order valence-corrected chi connectivity index (χ3v) is 6.80. The van der Waals surface area contributed by atoms with Crippen molar-refractivity contribution >= 4 is 39.9 Å². The van der Waals surface area contributed by atoms with E-state index in [0.29, 0.717) is 38.8 Å². The van der Waals surface area contributed by atoms with Crippen molar-refractivity contribution in [2.75, 3.05) is 39.4 Å². The predicted octanol–water partition coefficient (Wildman–Crippen LogP) is 5.46. The Labute approximate surface area is 218 Å². The number of halogens is 3. The molecule has 0 saturated carbocycles. The van der Waals surface area contributed by atoms with E-state index in [1.165, 1.54) is 18.5 Å². The zero-order chi connectivity index (χ0) is 25.1. The zero-order valence-corrected chi connectivity index (χ0v) is 21.2. The molecular weight excluding hydrogens is 504 g/mol. The summed E-state index contributed by atoms with van der Waals surface area (Å²) >= 11 is 12.5. The van der Waals surface area contributed by atoms with E-state index in [1.807, 2.05) is 19.1 Å². The molecule has 1 saturated heterocycles. The number of benzene rings is 1. The predicted molar refractivity (Wildman–Crippen MR) is 140 cm³/mol. The summed E-state index contributed by atoms with van der Waals surface area (Å²) in [6.45, 7) is 6.59. The van der Waals surface area contributed by atoms with E-state index < -0.39 is 11.9 Å². The van der Waals surface area contributed by atoms with Crippen LogP contribution in [0.2, 0.25) is 10.0 Å². The first-order chi connectivity index (χ1) is 17.5. The molecule has 0 radical (unpaired) electrons. The van der Waals surface area contributed by atoms with Crippen LogP contribution in [-0.2, 0) is 4.74 Å². The molecule has 3 aromatic rings. The van der Waals surface area contributed by atoms with Gasteiger partial charge < -0.3 is 14.8 Å². The second-order valence-corrected chi connectivity index (χ2v) is 9.54. The Hall–Kier alpha value is -2.91. The molecule has 1 atom stereocenters. The topological polar surface area (TPSA) is 75.3 Å². The highest BCUT2D eigenvalue weighted by atomic mass is 35.5. The van der Waals surface area contributed by atoms with Gasteiger partial charge in [-0.25, -0.2) is 4.39 Å². The average molecular weight is 530 g/mol. The molecule has 4 heterocycles. The smallest absolute Gasteiger partial charge is 0.151 e. The molecule has 0 aliphatic carbocycles. The molecule has 2 aliphatic rings. The molecule has 2 N–H and O–H groups in total. The number of pyridine rings is 1. The lowest BCUT2D eigenvalue weighted by molar-refractivity contribution is 0.0416. The summed E-state index contributed by atoms with van der Waals surface area (Å²) in [6.07, 6.45) is 8.07. The first-order valence-corrected chi connectivity index (χ1v) is 12.5. The molecule has 1 aromatic carbocycles. The highest BCUT2D eigenvalue weighted by molar-refractivity contribution is 6.35. The van der Waals surface area contributed by atoms with Crippen molar-refractivity contribution in [2.45, 2.75) is 13.0 Å². The third-order valence-electron chi connectivity index (χ3n) is 6.20. The molecule has 36 heavy (non-hydrogen) atoms. The number of H-pyrrole nitrogens is 1. The fourth-order valence-corrected chi connectivity index (χ4v) is 4.97. The molecule has 1 unspecified atom stereocenters. The van der Waals surface area contributed by atoms with Crippen LogP contribution in [0.3, 0.4) is 0 Å². The minimum Gasteiger partial charge on any atom is -0.486 e. The van der Waals surface area contributed by atoms with Crippen molar-refractivity contribution in [3.63, 3.8) is 0 Å². The number of fused-ring (bicyclic) bond motifs is 1. The maximum Gasteiger partial charge on any atom is 0.151 e. The number of allylic oxidation sites excluding steroid dienone is 2. The molecule has 2 aliphatic heterocycles. The van der Waals surface area contributed by atoms with Crippen molar-refractivity contribution in [2.24, 2.45) is 0 Å². The van der Waals surface area contributed by atoms with Gasteiger partial charge in [-0.2, -0.15) is 5.10 Å². The SMILES string of the molecule is CC(Oc1ccc2[nH]nc(/C(F)=C/C3=CC=C(CN4CCOCC4)NC3)c2c1)c1c(Cl)cncc1Cl. The fourth-order valence-electron chi connectivity index (χ4n) is 4.30. The van der Waals surface area contributed by atoms with Crippen molar-refractivity contribution in [1.82, 2.24) is 25.4 Å². The second-order valence-electron chi connectivity index (χ2n) is 8.72. The van der Waals surface area contributed by atoms with Gasteiger partial charge in [0.2, 0.25) is 0 Å². The minimum atomic E-state index is -0.432. The number of nitrogens with one attached hydrogen (secondary N) is 2. The van der Waals surface area contributed by atoms with Crippen molar-refractivity contribution < 1.29 is 13.9 Å².